The number of hydrazone groups is 1. The van der Waals surface area contributed by atoms with Gasteiger partial charge in [-0.2, -0.15) is 5.10 Å². The molecule has 2 heterocycles. The highest BCUT2D eigenvalue weighted by molar-refractivity contribution is 6.30. The predicted octanol–water partition coefficient (Wildman–Crippen LogP) is 1.84. The summed E-state index contributed by atoms with van der Waals surface area (Å²) >= 11 is 5.85. The third-order valence-electron chi connectivity index (χ3n) is 4.26. The summed E-state index contributed by atoms with van der Waals surface area (Å²) in [6.07, 6.45) is 3.67. The zero-order valence-electron chi connectivity index (χ0n) is 13.4. The van der Waals surface area contributed by atoms with Crippen LogP contribution in [0.15, 0.2) is 29.4 Å². The zero-order chi connectivity index (χ0) is 16.8. The number of halogens is 1. The molecule has 0 radical (unpaired) electrons. The Kier molecular flexibility index (Phi) is 5.93. The van der Waals surface area contributed by atoms with E-state index in [9.17, 15) is 4.79 Å². The molecule has 1 amide bonds. The number of nitrogens with zero attached hydrogens (tertiary/aromatic N) is 1. The van der Waals surface area contributed by atoms with E-state index < -0.39 is 0 Å². The van der Waals surface area contributed by atoms with Crippen LogP contribution in [0.25, 0.3) is 0 Å². The normalized spacial score (nSPS) is 26.0. The molecule has 1 saturated heterocycles. The van der Waals surface area contributed by atoms with Gasteiger partial charge >= 0.3 is 0 Å². The summed E-state index contributed by atoms with van der Waals surface area (Å²) in [5.41, 5.74) is 2.78. The van der Waals surface area contributed by atoms with E-state index in [0.717, 1.165) is 18.6 Å². The van der Waals surface area contributed by atoms with Gasteiger partial charge in [-0.15, -0.1) is 0 Å². The predicted molar refractivity (Wildman–Crippen MR) is 92.4 cm³/mol. The molecule has 6 nitrogen and oxygen atoms in total. The summed E-state index contributed by atoms with van der Waals surface area (Å²) in [5, 5.41) is 7.49. The SMILES string of the molecule is O=C(NC[C@H]1CC[C@@H](COc2ccc(Cl)cc2)CO1)C1C=NNC1. The van der Waals surface area contributed by atoms with E-state index in [-0.39, 0.29) is 17.9 Å². The summed E-state index contributed by atoms with van der Waals surface area (Å²) < 4.78 is 11.6. The number of amides is 1. The molecule has 2 aliphatic heterocycles. The maximum atomic E-state index is 11.9. The second-order valence-electron chi connectivity index (χ2n) is 6.16. The number of hydrogen-bond donors (Lipinski definition) is 2. The number of ether oxygens (including phenoxy) is 2. The molecule has 1 fully saturated rings. The summed E-state index contributed by atoms with van der Waals surface area (Å²) in [5.74, 6) is 1.02. The van der Waals surface area contributed by atoms with Gasteiger partial charge in [0.2, 0.25) is 5.91 Å². The molecule has 3 atom stereocenters. The molecular formula is C17H22ClN3O3. The van der Waals surface area contributed by atoms with Crippen LogP contribution in [0.1, 0.15) is 12.8 Å². The van der Waals surface area contributed by atoms with Crippen LogP contribution in [0.5, 0.6) is 5.75 Å². The van der Waals surface area contributed by atoms with E-state index in [2.05, 4.69) is 15.8 Å². The molecular weight excluding hydrogens is 330 g/mol. The van der Waals surface area contributed by atoms with E-state index in [1.54, 1.807) is 6.21 Å². The Morgan fingerprint density at radius 2 is 2.21 bits per heavy atom. The van der Waals surface area contributed by atoms with Crippen LogP contribution < -0.4 is 15.5 Å². The number of rotatable bonds is 6. The molecule has 0 bridgehead atoms. The molecule has 130 valence electrons. The van der Waals surface area contributed by atoms with E-state index in [1.165, 1.54) is 0 Å². The average molecular weight is 352 g/mol. The number of hydrogen-bond acceptors (Lipinski definition) is 5. The van der Waals surface area contributed by atoms with Gasteiger partial charge in [-0.3, -0.25) is 4.79 Å². The van der Waals surface area contributed by atoms with Crippen molar-refractivity contribution in [1.29, 1.82) is 0 Å². The number of carbonyl (C=O) groups is 1. The van der Waals surface area contributed by atoms with Gasteiger partial charge in [0.15, 0.2) is 0 Å². The van der Waals surface area contributed by atoms with Crippen LogP contribution in [-0.4, -0.2) is 44.5 Å². The lowest BCUT2D eigenvalue weighted by molar-refractivity contribution is -0.123. The van der Waals surface area contributed by atoms with Crippen molar-refractivity contribution >= 4 is 23.7 Å². The summed E-state index contributed by atoms with van der Waals surface area (Å²) in [4.78, 5) is 11.9. The van der Waals surface area contributed by atoms with Crippen LogP contribution in [0.3, 0.4) is 0 Å². The van der Waals surface area contributed by atoms with Crippen molar-refractivity contribution < 1.29 is 14.3 Å². The van der Waals surface area contributed by atoms with Gasteiger partial charge in [-0.05, 0) is 37.1 Å². The molecule has 0 aliphatic carbocycles. The molecule has 3 rings (SSSR count). The van der Waals surface area contributed by atoms with Crippen molar-refractivity contribution in [1.82, 2.24) is 10.7 Å². The quantitative estimate of drug-likeness (QED) is 0.820. The molecule has 2 aliphatic rings. The Labute approximate surface area is 146 Å². The summed E-state index contributed by atoms with van der Waals surface area (Å²) in [7, 11) is 0. The van der Waals surface area contributed by atoms with E-state index in [4.69, 9.17) is 21.1 Å². The fourth-order valence-corrected chi connectivity index (χ4v) is 2.88. The van der Waals surface area contributed by atoms with Crippen LogP contribution in [-0.2, 0) is 9.53 Å². The maximum absolute atomic E-state index is 11.9. The second-order valence-corrected chi connectivity index (χ2v) is 6.59. The molecule has 0 spiro atoms. The fraction of sp³-hybridized carbons (Fsp3) is 0.529. The first-order chi connectivity index (χ1) is 11.7. The summed E-state index contributed by atoms with van der Waals surface area (Å²) in [6, 6.07) is 7.37. The smallest absolute Gasteiger partial charge is 0.230 e. The Morgan fingerprint density at radius 3 is 2.88 bits per heavy atom. The lowest BCUT2D eigenvalue weighted by Crippen LogP contribution is -2.41. The molecule has 1 unspecified atom stereocenters. The Balaban J connectivity index is 1.32. The molecule has 24 heavy (non-hydrogen) atoms. The highest BCUT2D eigenvalue weighted by Gasteiger charge is 2.24. The third kappa shape index (κ3) is 4.85. The van der Waals surface area contributed by atoms with Gasteiger partial charge < -0.3 is 20.2 Å². The van der Waals surface area contributed by atoms with Crippen molar-refractivity contribution in [3.63, 3.8) is 0 Å². The Morgan fingerprint density at radius 1 is 1.38 bits per heavy atom. The van der Waals surface area contributed by atoms with Gasteiger partial charge in [0.1, 0.15) is 5.75 Å². The second kappa shape index (κ2) is 8.35. The van der Waals surface area contributed by atoms with Gasteiger partial charge in [0.25, 0.3) is 0 Å². The van der Waals surface area contributed by atoms with Crippen LogP contribution in [0.2, 0.25) is 5.02 Å². The van der Waals surface area contributed by atoms with Gasteiger partial charge in [-0.25, -0.2) is 0 Å². The lowest BCUT2D eigenvalue weighted by Gasteiger charge is -2.29. The minimum absolute atomic E-state index is 0.000505. The first-order valence-electron chi connectivity index (χ1n) is 8.24. The fourth-order valence-electron chi connectivity index (χ4n) is 2.75. The van der Waals surface area contributed by atoms with Crippen molar-refractivity contribution in [3.05, 3.63) is 29.3 Å². The highest BCUT2D eigenvalue weighted by atomic mass is 35.5. The standard InChI is InChI=1S/C17H22ClN3O3/c18-14-2-5-15(6-3-14)23-10-12-1-4-16(24-11-12)9-19-17(22)13-7-20-21-8-13/h2-3,5-7,12-13,16,21H,1,4,8-11H2,(H,19,22)/t12-,13?,16+/m0/s1. The topological polar surface area (TPSA) is 72.0 Å². The van der Waals surface area contributed by atoms with Crippen molar-refractivity contribution in [3.8, 4) is 5.75 Å². The van der Waals surface area contributed by atoms with Gasteiger partial charge in [0, 0.05) is 30.2 Å². The van der Waals surface area contributed by atoms with E-state index in [0.29, 0.717) is 37.2 Å². The number of nitrogens with one attached hydrogen (secondary N) is 2. The lowest BCUT2D eigenvalue weighted by atomic mass is 9.99. The Hall–Kier alpha value is -1.79. The maximum Gasteiger partial charge on any atom is 0.230 e. The Bertz CT molecular complexity index is 571. The minimum atomic E-state index is -0.172. The number of benzene rings is 1. The highest BCUT2D eigenvalue weighted by Crippen LogP contribution is 2.21. The molecule has 0 saturated carbocycles. The van der Waals surface area contributed by atoms with Crippen molar-refractivity contribution in [2.45, 2.75) is 18.9 Å². The third-order valence-corrected chi connectivity index (χ3v) is 4.51. The van der Waals surface area contributed by atoms with Crippen molar-refractivity contribution in [2.24, 2.45) is 16.9 Å². The zero-order valence-corrected chi connectivity index (χ0v) is 14.2. The summed E-state index contributed by atoms with van der Waals surface area (Å²) in [6.45, 7) is 2.40. The molecule has 1 aromatic carbocycles. The van der Waals surface area contributed by atoms with Crippen LogP contribution >= 0.6 is 11.6 Å². The van der Waals surface area contributed by atoms with Gasteiger partial charge in [0.05, 0.1) is 25.2 Å². The monoisotopic (exact) mass is 351 g/mol. The van der Waals surface area contributed by atoms with E-state index in [1.807, 2.05) is 24.3 Å². The molecule has 2 N–H and O–H groups in total. The average Bonchev–Trinajstić information content (AvgIpc) is 3.15. The van der Waals surface area contributed by atoms with Gasteiger partial charge in [-0.1, -0.05) is 11.6 Å². The first-order valence-corrected chi connectivity index (χ1v) is 8.62. The van der Waals surface area contributed by atoms with E-state index >= 15 is 0 Å². The molecule has 7 heteroatoms. The number of carbonyl (C=O) groups excluding carboxylic acids is 1. The van der Waals surface area contributed by atoms with Crippen LogP contribution in [0, 0.1) is 11.8 Å². The minimum Gasteiger partial charge on any atom is -0.493 e. The first kappa shape index (κ1) is 17.0. The van der Waals surface area contributed by atoms with Crippen LogP contribution in [0.4, 0.5) is 0 Å². The van der Waals surface area contributed by atoms with Crippen molar-refractivity contribution in [2.75, 3.05) is 26.3 Å². The molecule has 1 aromatic rings. The molecule has 0 aromatic heterocycles. The largest absolute Gasteiger partial charge is 0.493 e.